The molecule has 0 fully saturated rings. The van der Waals surface area contributed by atoms with Crippen molar-refractivity contribution in [1.82, 2.24) is 14.3 Å². The van der Waals surface area contributed by atoms with E-state index in [-0.39, 0.29) is 34.1 Å². The van der Waals surface area contributed by atoms with Gasteiger partial charge in [0.2, 0.25) is 17.5 Å². The van der Waals surface area contributed by atoms with E-state index < -0.39 is 0 Å². The Morgan fingerprint density at radius 1 is 0.774 bits per heavy atom. The quantitative estimate of drug-likeness (QED) is 0.419. The summed E-state index contributed by atoms with van der Waals surface area (Å²) in [6, 6.07) is 25.3. The Hall–Kier alpha value is -4.32. The molecule has 0 unspecified atom stereocenters. The third-order valence-corrected chi connectivity index (χ3v) is 5.29. The molecule has 0 saturated heterocycles. The van der Waals surface area contributed by atoms with E-state index in [1.165, 1.54) is 9.25 Å². The zero-order valence-electron chi connectivity index (χ0n) is 16.7. The molecule has 0 aliphatic heterocycles. The van der Waals surface area contributed by atoms with Crippen molar-refractivity contribution >= 4 is 16.7 Å². The zero-order valence-corrected chi connectivity index (χ0v) is 16.7. The molecular formula is C25H19N3O3. The maximum Gasteiger partial charge on any atom is 0.226 e. The van der Waals surface area contributed by atoms with Crippen LogP contribution in [0.1, 0.15) is 21.6 Å². The highest BCUT2D eigenvalue weighted by Crippen LogP contribution is 2.42. The van der Waals surface area contributed by atoms with E-state index in [4.69, 9.17) is 0 Å². The van der Waals surface area contributed by atoms with Gasteiger partial charge in [-0.15, -0.1) is 0 Å². The molecule has 31 heavy (non-hydrogen) atoms. The molecule has 5 aromatic rings. The Morgan fingerprint density at radius 3 is 2.03 bits per heavy atom. The molecule has 0 bridgehead atoms. The molecule has 0 aliphatic carbocycles. The van der Waals surface area contributed by atoms with E-state index in [1.54, 1.807) is 36.4 Å². The Kier molecular flexibility index (Phi) is 4.33. The van der Waals surface area contributed by atoms with E-state index in [1.807, 2.05) is 55.5 Å². The molecule has 0 atom stereocenters. The van der Waals surface area contributed by atoms with Crippen LogP contribution in [0.4, 0.5) is 0 Å². The summed E-state index contributed by atoms with van der Waals surface area (Å²) in [6.45, 7) is 1.96. The lowest BCUT2D eigenvalue weighted by molar-refractivity contribution is 0.103. The molecule has 0 saturated carbocycles. The fourth-order valence-electron chi connectivity index (χ4n) is 3.73. The average molecular weight is 409 g/mol. The fraction of sp³-hybridized carbons (Fsp3) is 0.0400. The first kappa shape index (κ1) is 18.7. The molecule has 0 aliphatic rings. The van der Waals surface area contributed by atoms with Gasteiger partial charge in [-0.2, -0.15) is 5.10 Å². The van der Waals surface area contributed by atoms with Crippen molar-refractivity contribution in [3.8, 4) is 23.1 Å². The first-order valence-corrected chi connectivity index (χ1v) is 9.84. The summed E-state index contributed by atoms with van der Waals surface area (Å²) >= 11 is 0. The molecule has 0 spiro atoms. The maximum atomic E-state index is 13.3. The predicted octanol–water partition coefficient (Wildman–Crippen LogP) is 4.77. The van der Waals surface area contributed by atoms with E-state index in [0.29, 0.717) is 16.9 Å². The first-order chi connectivity index (χ1) is 15.1. The van der Waals surface area contributed by atoms with Gasteiger partial charge >= 0.3 is 0 Å². The number of carbonyl (C=O) groups is 1. The van der Waals surface area contributed by atoms with Gasteiger partial charge in [-0.05, 0) is 31.2 Å². The average Bonchev–Trinajstić information content (AvgIpc) is 3.32. The number of fused-ring (bicyclic) bond motifs is 1. The smallest absolute Gasteiger partial charge is 0.226 e. The highest BCUT2D eigenvalue weighted by molar-refractivity contribution is 6.17. The molecule has 2 aromatic heterocycles. The number of aromatic hydroxyl groups is 2. The highest BCUT2D eigenvalue weighted by Gasteiger charge is 2.29. The van der Waals surface area contributed by atoms with Crippen LogP contribution in [0.2, 0.25) is 0 Å². The molecule has 6 heteroatoms. The Morgan fingerprint density at radius 2 is 1.39 bits per heavy atom. The van der Waals surface area contributed by atoms with Crippen molar-refractivity contribution in [2.45, 2.75) is 6.92 Å². The number of para-hydroxylation sites is 1. The number of carbonyl (C=O) groups excluding carboxylic acids is 1. The van der Waals surface area contributed by atoms with E-state index in [2.05, 4.69) is 5.10 Å². The van der Waals surface area contributed by atoms with E-state index >= 15 is 0 Å². The van der Waals surface area contributed by atoms with Crippen molar-refractivity contribution in [1.29, 1.82) is 0 Å². The van der Waals surface area contributed by atoms with Gasteiger partial charge in [0.1, 0.15) is 11.2 Å². The van der Waals surface area contributed by atoms with Crippen molar-refractivity contribution in [2.24, 2.45) is 0 Å². The number of hydrogen-bond donors (Lipinski definition) is 2. The Labute approximate surface area is 178 Å². The molecule has 0 amide bonds. The molecule has 3 aromatic carbocycles. The minimum Gasteiger partial charge on any atom is -0.494 e. The van der Waals surface area contributed by atoms with Crippen LogP contribution >= 0.6 is 0 Å². The number of benzene rings is 3. The van der Waals surface area contributed by atoms with Crippen LogP contribution in [0.25, 0.3) is 22.3 Å². The summed E-state index contributed by atoms with van der Waals surface area (Å²) in [7, 11) is 0. The van der Waals surface area contributed by atoms with Gasteiger partial charge in [-0.3, -0.25) is 4.79 Å². The first-order valence-electron chi connectivity index (χ1n) is 9.84. The second-order valence-electron chi connectivity index (χ2n) is 7.33. The minimum absolute atomic E-state index is 0.0729. The van der Waals surface area contributed by atoms with E-state index in [9.17, 15) is 15.0 Å². The SMILES string of the molecule is Cc1ccc(-n2c(O)c3c(C(=O)c4ccccc4)nn(-c4ccccc4)c3c2O)cc1. The summed E-state index contributed by atoms with van der Waals surface area (Å²) in [6.07, 6.45) is 0. The third-order valence-electron chi connectivity index (χ3n) is 5.29. The van der Waals surface area contributed by atoms with Gasteiger partial charge in [-0.1, -0.05) is 66.2 Å². The van der Waals surface area contributed by atoms with Crippen LogP contribution < -0.4 is 0 Å². The summed E-state index contributed by atoms with van der Waals surface area (Å²) in [5, 5.41) is 27.0. The molecule has 5 rings (SSSR count). The van der Waals surface area contributed by atoms with Crippen molar-refractivity contribution < 1.29 is 15.0 Å². The third kappa shape index (κ3) is 2.97. The van der Waals surface area contributed by atoms with Gasteiger partial charge in [0.25, 0.3) is 0 Å². The Balaban J connectivity index is 1.83. The molecule has 0 radical (unpaired) electrons. The van der Waals surface area contributed by atoms with Crippen LogP contribution in [-0.4, -0.2) is 30.3 Å². The van der Waals surface area contributed by atoms with Gasteiger partial charge in [0.15, 0.2) is 0 Å². The van der Waals surface area contributed by atoms with Gasteiger partial charge in [0, 0.05) is 5.56 Å². The molecule has 152 valence electrons. The van der Waals surface area contributed by atoms with E-state index in [0.717, 1.165) is 5.56 Å². The largest absolute Gasteiger partial charge is 0.494 e. The standard InChI is InChI=1S/C25H19N3O3/c1-16-12-14-18(15-13-16)27-24(30)20-21(23(29)17-8-4-2-5-9-17)26-28(22(20)25(27)31)19-10-6-3-7-11-19/h2-15,30-31H,1H3. The second-order valence-corrected chi connectivity index (χ2v) is 7.33. The topological polar surface area (TPSA) is 80.3 Å². The number of aromatic nitrogens is 3. The molecule has 6 nitrogen and oxygen atoms in total. The maximum absolute atomic E-state index is 13.3. The minimum atomic E-state index is -0.336. The normalized spacial score (nSPS) is 11.1. The number of rotatable bonds is 4. The summed E-state index contributed by atoms with van der Waals surface area (Å²) in [4.78, 5) is 13.3. The van der Waals surface area contributed by atoms with Crippen LogP contribution in [0.3, 0.4) is 0 Å². The number of ketones is 1. The summed E-state index contributed by atoms with van der Waals surface area (Å²) in [5.74, 6) is -0.769. The van der Waals surface area contributed by atoms with Crippen LogP contribution in [0.15, 0.2) is 84.9 Å². The second kappa shape index (κ2) is 7.18. The highest BCUT2D eigenvalue weighted by atomic mass is 16.3. The monoisotopic (exact) mass is 409 g/mol. The van der Waals surface area contributed by atoms with Crippen molar-refractivity contribution in [3.63, 3.8) is 0 Å². The van der Waals surface area contributed by atoms with Crippen molar-refractivity contribution in [3.05, 3.63) is 102 Å². The molecular weight excluding hydrogens is 390 g/mol. The van der Waals surface area contributed by atoms with Crippen LogP contribution in [-0.2, 0) is 0 Å². The Bertz CT molecular complexity index is 1400. The number of aryl methyl sites for hydroxylation is 1. The zero-order chi connectivity index (χ0) is 21.5. The lowest BCUT2D eigenvalue weighted by Gasteiger charge is -2.09. The molecule has 2 heterocycles. The van der Waals surface area contributed by atoms with Crippen LogP contribution in [0.5, 0.6) is 11.8 Å². The lowest BCUT2D eigenvalue weighted by Crippen LogP contribution is -2.05. The number of nitrogens with zero attached hydrogens (tertiary/aromatic N) is 3. The molecule has 2 N–H and O–H groups in total. The van der Waals surface area contributed by atoms with Gasteiger partial charge < -0.3 is 10.2 Å². The van der Waals surface area contributed by atoms with Crippen molar-refractivity contribution in [2.75, 3.05) is 0 Å². The summed E-state index contributed by atoms with van der Waals surface area (Å²) in [5.41, 5.74) is 3.08. The fourth-order valence-corrected chi connectivity index (χ4v) is 3.73. The number of hydrogen-bond acceptors (Lipinski definition) is 4. The van der Waals surface area contributed by atoms with Gasteiger partial charge in [0.05, 0.1) is 16.8 Å². The predicted molar refractivity (Wildman–Crippen MR) is 118 cm³/mol. The lowest BCUT2D eigenvalue weighted by atomic mass is 10.1. The summed E-state index contributed by atoms with van der Waals surface area (Å²) < 4.78 is 2.82. The van der Waals surface area contributed by atoms with Crippen LogP contribution in [0, 0.1) is 6.92 Å². The van der Waals surface area contributed by atoms with Gasteiger partial charge in [-0.25, -0.2) is 9.25 Å².